The second kappa shape index (κ2) is 5.16. The van der Waals surface area contributed by atoms with Crippen LogP contribution in [0.5, 0.6) is 0 Å². The van der Waals surface area contributed by atoms with Crippen LogP contribution in [0, 0.1) is 0 Å². The topological polar surface area (TPSA) is 64.1 Å². The lowest BCUT2D eigenvalue weighted by Crippen LogP contribution is -1.99. The summed E-state index contributed by atoms with van der Waals surface area (Å²) in [5.74, 6) is 0.763. The number of hydrogen-bond acceptors (Lipinski definition) is 5. The predicted molar refractivity (Wildman–Crippen MR) is 78.0 cm³/mol. The first-order valence-corrected chi connectivity index (χ1v) is 6.75. The van der Waals surface area contributed by atoms with Crippen molar-refractivity contribution in [1.29, 1.82) is 0 Å². The Morgan fingerprint density at radius 3 is 3.00 bits per heavy atom. The van der Waals surface area contributed by atoms with E-state index in [1.54, 1.807) is 17.5 Å². The van der Waals surface area contributed by atoms with Gasteiger partial charge in [-0.1, -0.05) is 12.1 Å². The molecule has 0 radical (unpaired) electrons. The normalized spacial score (nSPS) is 10.5. The second-order valence-electron chi connectivity index (χ2n) is 4.10. The first kappa shape index (κ1) is 11.8. The average molecular weight is 271 g/mol. The molecule has 0 bridgehead atoms. The number of rotatable bonds is 4. The van der Waals surface area contributed by atoms with Crippen LogP contribution in [-0.2, 0) is 6.54 Å². The number of oxazole rings is 1. The fourth-order valence-corrected chi connectivity index (χ4v) is 2.56. The Morgan fingerprint density at radius 1 is 1.32 bits per heavy atom. The van der Waals surface area contributed by atoms with Gasteiger partial charge in [0.2, 0.25) is 0 Å². The minimum absolute atomic E-state index is 0.726. The van der Waals surface area contributed by atoms with Crippen molar-refractivity contribution in [1.82, 2.24) is 4.98 Å². The van der Waals surface area contributed by atoms with Gasteiger partial charge in [0.15, 0.2) is 12.2 Å². The number of nitrogens with zero attached hydrogens (tertiary/aromatic N) is 1. The molecule has 1 aromatic carbocycles. The molecule has 0 spiro atoms. The van der Waals surface area contributed by atoms with Crippen LogP contribution < -0.4 is 11.1 Å². The molecule has 0 aliphatic carbocycles. The molecule has 2 heterocycles. The Balaban J connectivity index is 1.75. The molecule has 0 aliphatic heterocycles. The summed E-state index contributed by atoms with van der Waals surface area (Å²) in [6.07, 6.45) is 3.14. The van der Waals surface area contributed by atoms with Crippen LogP contribution in [-0.4, -0.2) is 4.98 Å². The standard InChI is InChI=1S/C14H13N3OS/c15-12-4-5-19-14(12)8-17-11-3-1-2-10(6-11)13-7-16-9-18-13/h1-7,9,17H,8,15H2. The Bertz CT molecular complexity index is 661. The van der Waals surface area contributed by atoms with Gasteiger partial charge >= 0.3 is 0 Å². The lowest BCUT2D eigenvalue weighted by atomic mass is 10.1. The van der Waals surface area contributed by atoms with E-state index in [2.05, 4.69) is 10.3 Å². The maximum Gasteiger partial charge on any atom is 0.181 e. The van der Waals surface area contributed by atoms with Crippen molar-refractivity contribution in [2.75, 3.05) is 11.1 Å². The Kier molecular flexibility index (Phi) is 3.20. The largest absolute Gasteiger partial charge is 0.444 e. The molecule has 96 valence electrons. The zero-order valence-corrected chi connectivity index (χ0v) is 11.0. The van der Waals surface area contributed by atoms with Gasteiger partial charge < -0.3 is 15.5 Å². The van der Waals surface area contributed by atoms with Crippen molar-refractivity contribution < 1.29 is 4.42 Å². The predicted octanol–water partition coefficient (Wildman–Crippen LogP) is 3.60. The van der Waals surface area contributed by atoms with Gasteiger partial charge in [0.1, 0.15) is 0 Å². The second-order valence-corrected chi connectivity index (χ2v) is 5.10. The van der Waals surface area contributed by atoms with Gasteiger partial charge in [-0.3, -0.25) is 0 Å². The van der Waals surface area contributed by atoms with Gasteiger partial charge in [0.05, 0.1) is 12.7 Å². The molecule has 0 saturated carbocycles. The Morgan fingerprint density at radius 2 is 2.26 bits per heavy atom. The van der Waals surface area contributed by atoms with Gasteiger partial charge in [0, 0.05) is 21.8 Å². The molecule has 0 atom stereocenters. The van der Waals surface area contributed by atoms with Crippen LogP contribution in [0.3, 0.4) is 0 Å². The average Bonchev–Trinajstić information content (AvgIpc) is 3.08. The van der Waals surface area contributed by atoms with Crippen molar-refractivity contribution in [2.24, 2.45) is 0 Å². The van der Waals surface area contributed by atoms with Gasteiger partial charge in [-0.15, -0.1) is 11.3 Å². The molecular weight excluding hydrogens is 258 g/mol. The highest BCUT2D eigenvalue weighted by Crippen LogP contribution is 2.24. The van der Waals surface area contributed by atoms with E-state index in [9.17, 15) is 0 Å². The zero-order chi connectivity index (χ0) is 13.1. The summed E-state index contributed by atoms with van der Waals surface area (Å²) in [5.41, 5.74) is 8.73. The third-order valence-electron chi connectivity index (χ3n) is 2.81. The van der Waals surface area contributed by atoms with Crippen molar-refractivity contribution in [3.63, 3.8) is 0 Å². The SMILES string of the molecule is Nc1ccsc1CNc1cccc(-c2cnco2)c1. The molecule has 2 aromatic heterocycles. The molecule has 4 nitrogen and oxygen atoms in total. The summed E-state index contributed by atoms with van der Waals surface area (Å²) >= 11 is 1.65. The number of thiophene rings is 1. The van der Waals surface area contributed by atoms with Gasteiger partial charge in [-0.25, -0.2) is 4.98 Å². The van der Waals surface area contributed by atoms with E-state index in [0.717, 1.165) is 34.1 Å². The highest BCUT2D eigenvalue weighted by Gasteiger charge is 2.04. The molecule has 0 unspecified atom stereocenters. The van der Waals surface area contributed by atoms with Crippen LogP contribution in [0.25, 0.3) is 11.3 Å². The van der Waals surface area contributed by atoms with Crippen molar-refractivity contribution >= 4 is 22.7 Å². The number of anilines is 2. The maximum absolute atomic E-state index is 5.86. The molecular formula is C14H13N3OS. The van der Waals surface area contributed by atoms with E-state index in [1.165, 1.54) is 6.39 Å². The van der Waals surface area contributed by atoms with E-state index < -0.39 is 0 Å². The van der Waals surface area contributed by atoms with E-state index in [-0.39, 0.29) is 0 Å². The number of hydrogen-bond donors (Lipinski definition) is 2. The third kappa shape index (κ3) is 2.61. The van der Waals surface area contributed by atoms with Gasteiger partial charge in [-0.05, 0) is 23.6 Å². The highest BCUT2D eigenvalue weighted by atomic mass is 32.1. The fourth-order valence-electron chi connectivity index (χ4n) is 1.82. The van der Waals surface area contributed by atoms with Gasteiger partial charge in [0.25, 0.3) is 0 Å². The number of benzene rings is 1. The van der Waals surface area contributed by atoms with E-state index in [1.807, 2.05) is 35.7 Å². The quantitative estimate of drug-likeness (QED) is 0.761. The molecule has 5 heteroatoms. The minimum Gasteiger partial charge on any atom is -0.444 e. The number of nitrogens with one attached hydrogen (secondary N) is 1. The Hall–Kier alpha value is -2.27. The smallest absolute Gasteiger partial charge is 0.181 e. The molecule has 0 aliphatic rings. The van der Waals surface area contributed by atoms with Gasteiger partial charge in [-0.2, -0.15) is 0 Å². The first-order chi connectivity index (χ1) is 9.33. The molecule has 3 N–H and O–H groups in total. The zero-order valence-electron chi connectivity index (χ0n) is 10.2. The summed E-state index contributed by atoms with van der Waals surface area (Å²) in [4.78, 5) is 5.07. The maximum atomic E-state index is 5.86. The fraction of sp³-hybridized carbons (Fsp3) is 0.0714. The van der Waals surface area contributed by atoms with E-state index in [4.69, 9.17) is 10.2 Å². The summed E-state index contributed by atoms with van der Waals surface area (Å²) in [7, 11) is 0. The molecule has 0 saturated heterocycles. The van der Waals surface area contributed by atoms with E-state index >= 15 is 0 Å². The summed E-state index contributed by atoms with van der Waals surface area (Å²) in [6, 6.07) is 9.95. The van der Waals surface area contributed by atoms with Crippen molar-refractivity contribution in [3.05, 3.63) is 53.2 Å². The van der Waals surface area contributed by atoms with Crippen molar-refractivity contribution in [3.8, 4) is 11.3 Å². The molecule has 0 amide bonds. The first-order valence-electron chi connectivity index (χ1n) is 5.87. The van der Waals surface area contributed by atoms with Crippen LogP contribution in [0.2, 0.25) is 0 Å². The molecule has 0 fully saturated rings. The lowest BCUT2D eigenvalue weighted by molar-refractivity contribution is 0.572. The van der Waals surface area contributed by atoms with Crippen LogP contribution in [0.15, 0.2) is 52.7 Å². The molecule has 3 aromatic rings. The molecule has 19 heavy (non-hydrogen) atoms. The number of aromatic nitrogens is 1. The van der Waals surface area contributed by atoms with Crippen molar-refractivity contribution in [2.45, 2.75) is 6.54 Å². The Labute approximate surface area is 114 Å². The monoisotopic (exact) mass is 271 g/mol. The van der Waals surface area contributed by atoms with Crippen LogP contribution in [0.1, 0.15) is 4.88 Å². The minimum atomic E-state index is 0.726. The van der Waals surface area contributed by atoms with E-state index in [0.29, 0.717) is 0 Å². The number of nitrogen functional groups attached to an aromatic ring is 1. The summed E-state index contributed by atoms with van der Waals surface area (Å²) < 4.78 is 5.29. The summed E-state index contributed by atoms with van der Waals surface area (Å²) in [6.45, 7) is 0.726. The molecule has 3 rings (SSSR count). The van der Waals surface area contributed by atoms with Crippen LogP contribution in [0.4, 0.5) is 11.4 Å². The summed E-state index contributed by atoms with van der Waals surface area (Å²) in [5, 5.41) is 5.36. The number of nitrogens with two attached hydrogens (primary N) is 1. The highest BCUT2D eigenvalue weighted by molar-refractivity contribution is 7.10. The van der Waals surface area contributed by atoms with Crippen LogP contribution >= 0.6 is 11.3 Å². The lowest BCUT2D eigenvalue weighted by Gasteiger charge is -2.07. The third-order valence-corrected chi connectivity index (χ3v) is 3.75.